The third-order valence-electron chi connectivity index (χ3n) is 23.7. The van der Waals surface area contributed by atoms with Crippen LogP contribution in [0.1, 0.15) is 401 Å². The summed E-state index contributed by atoms with van der Waals surface area (Å²) in [5.41, 5.74) is 5.88. The Hall–Kier alpha value is -3.94. The van der Waals surface area contributed by atoms with Crippen molar-refractivity contribution < 1.29 is 58.3 Å². The molecule has 142 heavy (non-hydrogen) atoms. The van der Waals surface area contributed by atoms with E-state index in [2.05, 4.69) is 308 Å². The molecule has 0 spiro atoms. The van der Waals surface area contributed by atoms with E-state index in [0.717, 1.165) is 76.3 Å². The highest BCUT2D eigenvalue weighted by Gasteiger charge is 2.39. The second-order valence-corrected chi connectivity index (χ2v) is 54.8. The molecule has 26 heteroatoms. The number of allylic oxidation sites excluding steroid dienone is 1. The highest BCUT2D eigenvalue weighted by molar-refractivity contribution is 6.00. The minimum Gasteiger partial charge on any atom is -0.458 e. The quantitative estimate of drug-likeness (QED) is 0.0722. The van der Waals surface area contributed by atoms with Gasteiger partial charge in [0.05, 0.1) is 88.0 Å². The summed E-state index contributed by atoms with van der Waals surface area (Å²) in [6.45, 7) is 121. The first kappa shape index (κ1) is 146. The maximum atomic E-state index is 9.49. The smallest absolute Gasteiger partial charge is 0.316 e. The predicted molar refractivity (Wildman–Crippen MR) is 606 cm³/mol. The van der Waals surface area contributed by atoms with Gasteiger partial charge < -0.3 is 63.2 Å². The number of hydrogen-bond acceptors (Lipinski definition) is 23. The SMILES string of the molecule is CC(C)(C)C1=NCC=C1.CC(C)(C)N1CC(O)CC1CO.CC1CN(C(C)(C)C)C1.CC1CN(C(C)(C)C)CC1O.CCC(O)C(C)(C)C.CCC1(CCC(C)(C)C)COC1.CCCN1CCN(C(C)(C)C)CC1.COCCCC(C)(C)C.COCCCC(C)(C)C.COCCOC(C)(C)C.COCCOC(C)(C)C.Cn1ccc(C(C)(C)C)n1.Cn1cnc(CC(C)(C)C)n1.Cn1cnnc1OC(C)(C)C. The Morgan fingerprint density at radius 1 is 0.507 bits per heavy atom. The first-order valence-electron chi connectivity index (χ1n) is 54.0. The Kier molecular flexibility index (Phi) is 71.7. The highest BCUT2D eigenvalue weighted by atomic mass is 16.5. The summed E-state index contributed by atoms with van der Waals surface area (Å²) in [6, 6.07) is 2.75. The van der Waals surface area contributed by atoms with Gasteiger partial charge in [0.25, 0.3) is 0 Å². The molecule has 4 N–H and O–H groups in total. The van der Waals surface area contributed by atoms with Crippen molar-refractivity contribution in [2.45, 2.75) is 465 Å². The van der Waals surface area contributed by atoms with E-state index in [1.807, 2.05) is 122 Å². The number of aryl methyl sites for hydroxylation is 3. The van der Waals surface area contributed by atoms with Gasteiger partial charge in [-0.3, -0.25) is 38.5 Å². The number of methoxy groups -OCH3 is 4. The topological polar surface area (TPSA) is 263 Å². The summed E-state index contributed by atoms with van der Waals surface area (Å²) in [7, 11) is 12.5. The van der Waals surface area contributed by atoms with Gasteiger partial charge in [0, 0.05) is 184 Å². The molecule has 6 aliphatic rings. The van der Waals surface area contributed by atoms with E-state index in [-0.39, 0.29) is 80.5 Å². The Bertz CT molecular complexity index is 3480. The Balaban J connectivity index is -0.000000475. The van der Waals surface area contributed by atoms with Crippen molar-refractivity contribution >= 4 is 5.71 Å². The zero-order valence-electron chi connectivity index (χ0n) is 104. The molecule has 0 bridgehead atoms. The van der Waals surface area contributed by atoms with E-state index in [1.165, 1.54) is 103 Å². The number of aliphatic hydroxyl groups is 4. The van der Waals surface area contributed by atoms with E-state index in [0.29, 0.717) is 84.1 Å². The average molecular weight is 2020 g/mol. The molecule has 3 aromatic heterocycles. The van der Waals surface area contributed by atoms with Crippen LogP contribution in [-0.4, -0.2) is 313 Å². The lowest BCUT2D eigenvalue weighted by atomic mass is 9.74. The molecule has 5 saturated heterocycles. The minimum atomic E-state index is -0.263. The number of piperazine rings is 1. The lowest BCUT2D eigenvalue weighted by Gasteiger charge is -2.46. The van der Waals surface area contributed by atoms with Crippen LogP contribution in [0.4, 0.5) is 0 Å². The minimum absolute atomic E-state index is 0.0292. The summed E-state index contributed by atoms with van der Waals surface area (Å²) in [5.74, 6) is 2.30. The van der Waals surface area contributed by atoms with Gasteiger partial charge in [-0.25, -0.2) is 4.98 Å². The number of β-amino-alcohol motifs (C(OH)–C–C–N with tert-alkyl or cyclic N) is 2. The van der Waals surface area contributed by atoms with E-state index < -0.39 is 0 Å². The Labute approximate surface area is 878 Å². The average Bonchev–Trinajstić information content (AvgIpc) is 1.37. The molecule has 0 saturated carbocycles. The number of aliphatic hydroxyl groups excluding tert-OH is 4. The van der Waals surface area contributed by atoms with Crippen molar-refractivity contribution in [1.29, 1.82) is 0 Å². The van der Waals surface area contributed by atoms with E-state index >= 15 is 0 Å². The number of likely N-dealkylation sites (tertiary alicyclic amines) is 3. The van der Waals surface area contributed by atoms with Crippen LogP contribution in [0.25, 0.3) is 0 Å². The molecule has 5 unspecified atom stereocenters. The zero-order chi connectivity index (χ0) is 112. The van der Waals surface area contributed by atoms with E-state index in [4.69, 9.17) is 43.0 Å². The zero-order valence-corrected chi connectivity index (χ0v) is 104. The van der Waals surface area contributed by atoms with Crippen LogP contribution in [0.15, 0.2) is 42.1 Å². The van der Waals surface area contributed by atoms with Crippen molar-refractivity contribution in [3.05, 3.63) is 48.6 Å². The third-order valence-corrected chi connectivity index (χ3v) is 23.7. The summed E-state index contributed by atoms with van der Waals surface area (Å²) in [6.07, 6.45) is 21.6. The summed E-state index contributed by atoms with van der Waals surface area (Å²) in [4.78, 5) is 20.6. The highest BCUT2D eigenvalue weighted by Crippen LogP contribution is 2.40. The predicted octanol–water partition coefficient (Wildman–Crippen LogP) is 23.9. The molecule has 0 aromatic carbocycles. The fraction of sp³-hybridized carbons (Fsp3) is 0.914. The standard InChI is InChI=1S/C11H24N2.C11H22O.C9H19NO2.C9H19NO.C8H15N3.C8H14N2.C8H17N.C8H13N.2C8H18O.C7H13N3O.2C7H16O2.C7H16O/c1-5-6-12-7-9-13(10-8-12)11(2,3)4;1-5-11(8-12-9-11)7-6-10(2,3)4;1-9(2,3)10-5-8(12)4-7(10)6-11;1-7-5-10(6-8(7)11)9(2,3)4;1-8(2,3)5-7-9-6-11(4)10-7;1-8(2,3)7-5-6-10(4)9-7;1-7-5-9(6-7)8(2,3)4;1-8(2,3)7-5-4-6-9-7;2*1-8(2,3)6-5-7-9-4;1-7(2,3)11-6-9-8-5-10(6)4;2*1-7(2,3)9-6-5-8-4;1-5-6(8)7(2,3)4/h5-10H2,1-4H3;5-9H2,1-4H3;7-8,11-12H,4-6H2,1-3H3;7-8,11H,5-6H2,1-4H3;6H,5H2,1-4H3;5-6H,1-4H3;7H,5-6H2,1-4H3;4-5H,6H2,1-3H3;2*5-7H2,1-4H3;5H,1-4H3;2*5-6H2,1-4H3;6,8H,5H2,1-4H3. The van der Waals surface area contributed by atoms with Crippen molar-refractivity contribution in [1.82, 2.24) is 63.8 Å². The molecule has 3 aromatic rings. The molecule has 5 atom stereocenters. The molecule has 6 aliphatic heterocycles. The maximum Gasteiger partial charge on any atom is 0.316 e. The largest absolute Gasteiger partial charge is 0.458 e. The van der Waals surface area contributed by atoms with Gasteiger partial charge >= 0.3 is 6.01 Å². The van der Waals surface area contributed by atoms with Crippen molar-refractivity contribution in [2.75, 3.05) is 160 Å². The first-order chi connectivity index (χ1) is 64.2. The van der Waals surface area contributed by atoms with Crippen LogP contribution < -0.4 is 4.74 Å². The van der Waals surface area contributed by atoms with Gasteiger partial charge in [0.1, 0.15) is 18.3 Å². The molecule has 0 aliphatic carbocycles. The molecule has 26 nitrogen and oxygen atoms in total. The van der Waals surface area contributed by atoms with Crippen LogP contribution in [0.3, 0.4) is 0 Å². The van der Waals surface area contributed by atoms with Crippen LogP contribution in [0, 0.1) is 49.7 Å². The van der Waals surface area contributed by atoms with Gasteiger partial charge in [-0.15, -0.1) is 5.10 Å². The Morgan fingerprint density at radius 3 is 1.20 bits per heavy atom. The molecule has 5 fully saturated rings. The van der Waals surface area contributed by atoms with Crippen molar-refractivity contribution in [3.8, 4) is 6.01 Å². The summed E-state index contributed by atoms with van der Waals surface area (Å²) in [5, 5.41) is 53.1. The second kappa shape index (κ2) is 69.5. The van der Waals surface area contributed by atoms with Crippen LogP contribution in [0.2, 0.25) is 0 Å². The van der Waals surface area contributed by atoms with E-state index in [1.54, 1.807) is 50.3 Å². The number of ether oxygens (including phenoxy) is 8. The third kappa shape index (κ3) is 81.9. The summed E-state index contributed by atoms with van der Waals surface area (Å²) < 4.78 is 46.3. The van der Waals surface area contributed by atoms with Crippen molar-refractivity contribution in [3.63, 3.8) is 0 Å². The summed E-state index contributed by atoms with van der Waals surface area (Å²) >= 11 is 0. The molecule has 0 amide bonds. The fourth-order valence-electron chi connectivity index (χ4n) is 14.4. The normalized spacial score (nSPS) is 18.6. The van der Waals surface area contributed by atoms with Gasteiger partial charge in [-0.2, -0.15) is 10.2 Å². The first-order valence-corrected chi connectivity index (χ1v) is 54.0. The van der Waals surface area contributed by atoms with Crippen LogP contribution in [-0.2, 0) is 66.1 Å². The van der Waals surface area contributed by atoms with Gasteiger partial charge in [0.15, 0.2) is 5.82 Å². The maximum absolute atomic E-state index is 9.49. The molecule has 846 valence electrons. The fourth-order valence-corrected chi connectivity index (χ4v) is 14.4. The van der Waals surface area contributed by atoms with Crippen molar-refractivity contribution in [2.24, 2.45) is 75.9 Å². The van der Waals surface area contributed by atoms with Crippen LogP contribution in [0.5, 0.6) is 6.01 Å². The second-order valence-electron chi connectivity index (χ2n) is 54.8. The van der Waals surface area contributed by atoms with Crippen LogP contribution >= 0.6 is 0 Å². The monoisotopic (exact) mass is 2020 g/mol. The molecular formula is C116H240N14O12. The van der Waals surface area contributed by atoms with Gasteiger partial charge in [0.2, 0.25) is 0 Å². The lowest BCUT2D eigenvalue weighted by Crippen LogP contribution is -2.54. The molecule has 0 radical (unpaired) electrons. The molecular weight excluding hydrogens is 1780 g/mol. The molecule has 9 rings (SSSR count). The Morgan fingerprint density at radius 2 is 0.965 bits per heavy atom. The number of rotatable bonds is 21. The lowest BCUT2D eigenvalue weighted by molar-refractivity contribution is -0.123. The van der Waals surface area contributed by atoms with Gasteiger partial charge in [-0.05, 0) is 267 Å². The number of aliphatic imine (C=N–C) groups is 1. The molecule has 9 heterocycles. The number of nitrogens with zero attached hydrogens (tertiary/aromatic N) is 14. The van der Waals surface area contributed by atoms with E-state index in [9.17, 15) is 15.3 Å². The number of hydrogen-bond donors (Lipinski definition) is 4. The number of aromatic nitrogens is 8. The van der Waals surface area contributed by atoms with Gasteiger partial charge in [-0.1, -0.05) is 191 Å².